The molecular weight excluding hydrogens is 427 g/mol. The second kappa shape index (κ2) is 7.35. The van der Waals surface area contributed by atoms with Gasteiger partial charge < -0.3 is 21.0 Å². The number of aromatic amines is 2. The summed E-state index contributed by atoms with van der Waals surface area (Å²) in [7, 11) is 0. The predicted molar refractivity (Wildman–Crippen MR) is 120 cm³/mol. The van der Waals surface area contributed by atoms with Gasteiger partial charge in [-0.05, 0) is 48.7 Å². The van der Waals surface area contributed by atoms with Crippen molar-refractivity contribution in [2.45, 2.75) is 6.92 Å². The highest BCUT2D eigenvalue weighted by Crippen LogP contribution is 2.28. The number of fused-ring (bicyclic) bond motifs is 5. The fraction of sp³-hybridized carbons (Fsp3) is 0.0435. The Morgan fingerprint density at radius 3 is 2.67 bits per heavy atom. The van der Waals surface area contributed by atoms with Crippen LogP contribution in [0.4, 0.5) is 10.1 Å². The molecule has 2 amide bonds. The van der Waals surface area contributed by atoms with Crippen LogP contribution in [0, 0.1) is 24.6 Å². The van der Waals surface area contributed by atoms with Crippen LogP contribution in [-0.4, -0.2) is 31.2 Å². The summed E-state index contributed by atoms with van der Waals surface area (Å²) in [4.78, 5) is 47.1. The maximum Gasteiger partial charge on any atom is 0.300 e. The van der Waals surface area contributed by atoms with E-state index in [4.69, 9.17) is 5.73 Å². The molecule has 0 bridgehead atoms. The summed E-state index contributed by atoms with van der Waals surface area (Å²) in [6.07, 6.45) is 1.52. The van der Waals surface area contributed by atoms with Gasteiger partial charge in [-0.3, -0.25) is 18.8 Å². The fourth-order valence-corrected chi connectivity index (χ4v) is 3.73. The smallest absolute Gasteiger partial charge is 0.300 e. The fourth-order valence-electron chi connectivity index (χ4n) is 3.73. The first-order chi connectivity index (χ1) is 15.8. The van der Waals surface area contributed by atoms with Crippen LogP contribution in [-0.2, 0) is 4.79 Å². The molecule has 0 aliphatic rings. The van der Waals surface area contributed by atoms with Crippen molar-refractivity contribution in [3.8, 4) is 11.8 Å². The average molecular weight is 442 g/mol. The molecule has 5 N–H and O–H groups in total. The van der Waals surface area contributed by atoms with Crippen LogP contribution in [0.2, 0.25) is 0 Å². The van der Waals surface area contributed by atoms with Crippen LogP contribution in [0.3, 0.4) is 0 Å². The summed E-state index contributed by atoms with van der Waals surface area (Å²) in [6.45, 7) is 1.84. The number of anilines is 1. The molecule has 2 aromatic carbocycles. The van der Waals surface area contributed by atoms with Gasteiger partial charge in [0.1, 0.15) is 28.2 Å². The molecule has 0 atom stereocenters. The van der Waals surface area contributed by atoms with Gasteiger partial charge in [-0.15, -0.1) is 0 Å². The zero-order valence-corrected chi connectivity index (χ0v) is 17.1. The van der Waals surface area contributed by atoms with Crippen molar-refractivity contribution in [2.24, 2.45) is 5.73 Å². The highest BCUT2D eigenvalue weighted by molar-refractivity contribution is 6.12. The van der Waals surface area contributed by atoms with Crippen LogP contribution in [0.25, 0.3) is 27.8 Å². The molecule has 3 aromatic heterocycles. The molecule has 10 heteroatoms. The molecule has 3 heterocycles. The normalized spacial score (nSPS) is 11.0. The van der Waals surface area contributed by atoms with Crippen molar-refractivity contribution >= 4 is 45.3 Å². The number of carbonyl (C=O) groups is 2. The van der Waals surface area contributed by atoms with E-state index >= 15 is 0 Å². The number of rotatable bonds is 2. The molecule has 0 saturated heterocycles. The van der Waals surface area contributed by atoms with Gasteiger partial charge in [0.2, 0.25) is 5.43 Å². The lowest BCUT2D eigenvalue weighted by atomic mass is 10.2. The lowest BCUT2D eigenvalue weighted by Gasteiger charge is -2.01. The van der Waals surface area contributed by atoms with Gasteiger partial charge >= 0.3 is 5.91 Å². The Kier molecular flexibility index (Phi) is 4.46. The van der Waals surface area contributed by atoms with Crippen molar-refractivity contribution in [2.75, 3.05) is 5.32 Å². The van der Waals surface area contributed by atoms with Crippen molar-refractivity contribution < 1.29 is 14.0 Å². The predicted octanol–water partition coefficient (Wildman–Crippen LogP) is 2.19. The molecule has 5 rings (SSSR count). The van der Waals surface area contributed by atoms with E-state index in [1.807, 2.05) is 6.92 Å². The lowest BCUT2D eigenvalue weighted by molar-refractivity contribution is -0.111. The molecule has 0 radical (unpaired) electrons. The number of imidazole rings is 1. The summed E-state index contributed by atoms with van der Waals surface area (Å²) in [5.74, 6) is 3.34. The SMILES string of the molecule is Cc1ccc(=O)c2nc3c(C(N)=O)c4[nH]c(C#CC(=O)Nc5ccc(F)cc5)c[nH]c4n3c12. The topological polar surface area (TPSA) is 138 Å². The number of nitrogens with one attached hydrogen (secondary N) is 3. The minimum absolute atomic E-state index is 0.0932. The number of hydrogen-bond donors (Lipinski definition) is 4. The van der Waals surface area contributed by atoms with Gasteiger partial charge in [-0.2, -0.15) is 0 Å². The minimum Gasteiger partial charge on any atom is -0.365 e. The number of H-pyrrole nitrogens is 2. The molecule has 162 valence electrons. The van der Waals surface area contributed by atoms with E-state index in [0.29, 0.717) is 28.1 Å². The number of nitrogens with zero attached hydrogens (tertiary/aromatic N) is 2. The Hall–Kier alpha value is -4.91. The Bertz CT molecular complexity index is 1730. The van der Waals surface area contributed by atoms with Crippen LogP contribution in [0.1, 0.15) is 21.6 Å². The maximum atomic E-state index is 13.0. The van der Waals surface area contributed by atoms with Crippen LogP contribution >= 0.6 is 0 Å². The van der Waals surface area contributed by atoms with Crippen molar-refractivity contribution in [3.63, 3.8) is 0 Å². The molecule has 33 heavy (non-hydrogen) atoms. The van der Waals surface area contributed by atoms with E-state index < -0.39 is 17.6 Å². The Labute approximate surface area is 184 Å². The number of amides is 2. The van der Waals surface area contributed by atoms with E-state index in [-0.39, 0.29) is 22.2 Å². The number of aryl methyl sites for hydroxylation is 1. The van der Waals surface area contributed by atoms with E-state index in [0.717, 1.165) is 5.56 Å². The van der Waals surface area contributed by atoms with Gasteiger partial charge in [0.15, 0.2) is 5.65 Å². The quantitative estimate of drug-likeness (QED) is 0.311. The van der Waals surface area contributed by atoms with Gasteiger partial charge in [0.05, 0.1) is 11.0 Å². The van der Waals surface area contributed by atoms with Crippen molar-refractivity contribution in [1.29, 1.82) is 0 Å². The number of primary amides is 1. The molecule has 0 aliphatic heterocycles. The summed E-state index contributed by atoms with van der Waals surface area (Å²) in [6, 6.07) is 8.39. The second-order valence-corrected chi connectivity index (χ2v) is 7.35. The largest absolute Gasteiger partial charge is 0.365 e. The summed E-state index contributed by atoms with van der Waals surface area (Å²) in [5, 5.41) is 2.53. The number of aromatic nitrogens is 4. The summed E-state index contributed by atoms with van der Waals surface area (Å²) < 4.78 is 14.7. The van der Waals surface area contributed by atoms with Crippen LogP contribution < -0.4 is 16.5 Å². The number of hydrogen-bond acceptors (Lipinski definition) is 4. The monoisotopic (exact) mass is 442 g/mol. The van der Waals surface area contributed by atoms with Crippen LogP contribution in [0.15, 0.2) is 47.4 Å². The first-order valence-corrected chi connectivity index (χ1v) is 9.77. The molecular formula is C23H15FN6O3. The number of halogens is 1. The van der Waals surface area contributed by atoms with E-state index in [1.54, 1.807) is 10.5 Å². The molecule has 0 saturated carbocycles. The number of carbonyl (C=O) groups excluding carboxylic acids is 2. The van der Waals surface area contributed by atoms with Crippen molar-refractivity contribution in [1.82, 2.24) is 19.4 Å². The second-order valence-electron chi connectivity index (χ2n) is 7.35. The zero-order valence-electron chi connectivity index (χ0n) is 17.1. The van der Waals surface area contributed by atoms with Gasteiger partial charge in [0.25, 0.3) is 5.91 Å². The lowest BCUT2D eigenvalue weighted by Crippen LogP contribution is -2.11. The number of benzene rings is 2. The average Bonchev–Trinajstić information content (AvgIpc) is 3.31. The summed E-state index contributed by atoms with van der Waals surface area (Å²) in [5.41, 5.74) is 8.82. The minimum atomic E-state index is -0.737. The molecule has 5 aromatic rings. The highest BCUT2D eigenvalue weighted by atomic mass is 19.1. The Balaban J connectivity index is 1.61. The third-order valence-electron chi connectivity index (χ3n) is 5.18. The standard InChI is InChI=1S/C23H15FN6O3/c1-11-2-8-15(31)18-20(11)30-22(29-18)17(21(25)33)19-23(30)26-10-14(28-19)7-9-16(32)27-13-5-3-12(24)4-6-13/h2-6,8,10,26,28H,1H3,(H2,25,33)(H,27,32). The first kappa shape index (κ1) is 20.0. The van der Waals surface area contributed by atoms with E-state index in [9.17, 15) is 18.8 Å². The number of nitrogens with two attached hydrogens (primary N) is 1. The van der Waals surface area contributed by atoms with Gasteiger partial charge in [0, 0.05) is 17.8 Å². The Morgan fingerprint density at radius 2 is 1.94 bits per heavy atom. The molecule has 0 aliphatic carbocycles. The van der Waals surface area contributed by atoms with E-state index in [1.165, 1.54) is 36.5 Å². The third-order valence-corrected chi connectivity index (χ3v) is 5.18. The van der Waals surface area contributed by atoms with Gasteiger partial charge in [-0.1, -0.05) is 6.07 Å². The highest BCUT2D eigenvalue weighted by Gasteiger charge is 2.23. The van der Waals surface area contributed by atoms with Crippen molar-refractivity contribution in [3.05, 3.63) is 75.5 Å². The summed E-state index contributed by atoms with van der Waals surface area (Å²) >= 11 is 0. The molecule has 0 fully saturated rings. The molecule has 9 nitrogen and oxygen atoms in total. The maximum absolute atomic E-state index is 13.0. The van der Waals surface area contributed by atoms with Gasteiger partial charge in [-0.25, -0.2) is 9.37 Å². The molecule has 0 spiro atoms. The first-order valence-electron chi connectivity index (χ1n) is 9.77. The molecule has 0 unspecified atom stereocenters. The zero-order chi connectivity index (χ0) is 23.3. The van der Waals surface area contributed by atoms with Crippen LogP contribution in [0.5, 0.6) is 0 Å². The van der Waals surface area contributed by atoms with E-state index in [2.05, 4.69) is 32.1 Å². The Morgan fingerprint density at radius 1 is 1.18 bits per heavy atom. The third kappa shape index (κ3) is 3.28.